The van der Waals surface area contributed by atoms with Gasteiger partial charge in [-0.3, -0.25) is 9.88 Å². The number of imidazole rings is 1. The van der Waals surface area contributed by atoms with Gasteiger partial charge in [0.05, 0.1) is 46.5 Å². The maximum atomic E-state index is 12.9. The molecule has 1 aliphatic rings. The summed E-state index contributed by atoms with van der Waals surface area (Å²) in [7, 11) is -1.03. The number of methoxy groups -OCH3 is 2. The van der Waals surface area contributed by atoms with Crippen LogP contribution in [-0.4, -0.2) is 105 Å². The molecular formula is C48H69N6O8PSi2. The summed E-state index contributed by atoms with van der Waals surface area (Å²) in [5, 5.41) is 2.79. The smallest absolute Gasteiger partial charge is 0.412 e. The van der Waals surface area contributed by atoms with Crippen LogP contribution in [0.25, 0.3) is 11.2 Å². The van der Waals surface area contributed by atoms with E-state index in [-0.39, 0.29) is 24.5 Å². The zero-order valence-corrected chi connectivity index (χ0v) is 43.1. The van der Waals surface area contributed by atoms with E-state index in [0.29, 0.717) is 30.8 Å². The number of aromatic nitrogens is 4. The Morgan fingerprint density at radius 2 is 1.38 bits per heavy atom. The number of anilines is 1. The lowest BCUT2D eigenvalue weighted by atomic mass is 9.80. The lowest BCUT2D eigenvalue weighted by Gasteiger charge is -2.39. The molecule has 14 nitrogen and oxygen atoms in total. The molecule has 0 saturated carbocycles. The molecule has 1 saturated heterocycles. The summed E-state index contributed by atoms with van der Waals surface area (Å²) >= 11 is 0. The number of fused-ring (bicyclic) bond motifs is 1. The Kier molecular flexibility index (Phi) is 17.0. The largest absolute Gasteiger partial charge is 0.497 e. The maximum absolute atomic E-state index is 12.9. The molecule has 352 valence electrons. The van der Waals surface area contributed by atoms with Gasteiger partial charge in [0.1, 0.15) is 35.8 Å². The molecule has 65 heavy (non-hydrogen) atoms. The van der Waals surface area contributed by atoms with E-state index in [1.807, 2.05) is 71.3 Å². The van der Waals surface area contributed by atoms with E-state index in [4.69, 9.17) is 37.7 Å². The van der Waals surface area contributed by atoms with Crippen molar-refractivity contribution in [1.82, 2.24) is 24.2 Å². The fraction of sp³-hybridized carbons (Fsp3) is 0.500. The summed E-state index contributed by atoms with van der Waals surface area (Å²) in [4.78, 5) is 26.6. The van der Waals surface area contributed by atoms with E-state index in [2.05, 4.69) is 99.1 Å². The molecule has 0 aliphatic carbocycles. The average Bonchev–Trinajstić information content (AvgIpc) is 3.88. The number of hydrogen-bond acceptors (Lipinski definition) is 12. The van der Waals surface area contributed by atoms with Crippen molar-refractivity contribution in [3.05, 3.63) is 108 Å². The molecule has 0 radical (unpaired) electrons. The maximum Gasteiger partial charge on any atom is 0.412 e. The van der Waals surface area contributed by atoms with Crippen LogP contribution in [0, 0.1) is 0 Å². The van der Waals surface area contributed by atoms with Crippen molar-refractivity contribution in [2.45, 2.75) is 122 Å². The minimum Gasteiger partial charge on any atom is -0.497 e. The Hall–Kier alpha value is -4.26. The summed E-state index contributed by atoms with van der Waals surface area (Å²) < 4.78 is 49.5. The molecule has 4 atom stereocenters. The Morgan fingerprint density at radius 1 is 0.815 bits per heavy atom. The molecule has 1 fully saturated rings. The molecule has 1 amide bonds. The van der Waals surface area contributed by atoms with Crippen LogP contribution < -0.4 is 14.8 Å². The first kappa shape index (κ1) is 50.2. The lowest BCUT2D eigenvalue weighted by Crippen LogP contribution is -2.39. The number of benzene rings is 3. The Bertz CT molecular complexity index is 2220. The number of hydrogen-bond donors (Lipinski definition) is 1. The molecule has 2 aromatic heterocycles. The second-order valence-corrected chi connectivity index (χ2v) is 32.0. The SMILES string of the molecule is COc1ccc(C(OC[C@H]2O[C@@H](n3cnc4c(NC(=O)OCC[Si](C)(C)C)ncnc43)C[C@@H]2OP(OCC[Si](C)(C)C)N(C(C)C)C(C)C)(c2ccccc2)c2ccc(OC)cc2)cc1. The first-order valence-electron chi connectivity index (χ1n) is 22.6. The van der Waals surface area contributed by atoms with E-state index < -0.39 is 54.8 Å². The summed E-state index contributed by atoms with van der Waals surface area (Å²) in [5.41, 5.74) is 2.56. The first-order valence-corrected chi connectivity index (χ1v) is 31.1. The normalized spacial score (nSPS) is 17.6. The van der Waals surface area contributed by atoms with Crippen LogP contribution in [0.4, 0.5) is 10.6 Å². The monoisotopic (exact) mass is 944 g/mol. The number of carbonyl (C=O) groups is 1. The molecule has 1 N–H and O–H groups in total. The first-order chi connectivity index (χ1) is 30.9. The molecule has 5 aromatic rings. The van der Waals surface area contributed by atoms with Crippen molar-refractivity contribution in [2.24, 2.45) is 0 Å². The molecule has 3 aromatic carbocycles. The zero-order chi connectivity index (χ0) is 46.9. The van der Waals surface area contributed by atoms with Crippen LogP contribution in [-0.2, 0) is 28.9 Å². The minimum absolute atomic E-state index is 0.132. The van der Waals surface area contributed by atoms with Gasteiger partial charge in [0.15, 0.2) is 17.0 Å². The molecule has 17 heteroatoms. The van der Waals surface area contributed by atoms with E-state index in [9.17, 15) is 4.79 Å². The topological polar surface area (TPSA) is 141 Å². The van der Waals surface area contributed by atoms with Crippen molar-refractivity contribution in [1.29, 1.82) is 0 Å². The fourth-order valence-corrected chi connectivity index (χ4v) is 11.2. The quantitative estimate of drug-likeness (QED) is 0.0401. The Morgan fingerprint density at radius 3 is 1.94 bits per heavy atom. The van der Waals surface area contributed by atoms with Crippen LogP contribution in [0.3, 0.4) is 0 Å². The van der Waals surface area contributed by atoms with Crippen LogP contribution in [0.1, 0.15) is 57.0 Å². The number of amides is 1. The average molecular weight is 945 g/mol. The van der Waals surface area contributed by atoms with Gasteiger partial charge in [-0.25, -0.2) is 24.4 Å². The number of ether oxygens (including phenoxy) is 5. The predicted molar refractivity (Wildman–Crippen MR) is 263 cm³/mol. The summed E-state index contributed by atoms with van der Waals surface area (Å²) in [6.45, 7) is 23.6. The summed E-state index contributed by atoms with van der Waals surface area (Å²) in [6.07, 6.45) is 1.32. The van der Waals surface area contributed by atoms with Crippen molar-refractivity contribution >= 4 is 47.7 Å². The highest BCUT2D eigenvalue weighted by Gasteiger charge is 2.45. The second kappa shape index (κ2) is 22.0. The predicted octanol–water partition coefficient (Wildman–Crippen LogP) is 11.1. The highest BCUT2D eigenvalue weighted by Crippen LogP contribution is 2.51. The molecule has 1 unspecified atom stereocenters. The lowest BCUT2D eigenvalue weighted by molar-refractivity contribution is -0.0911. The van der Waals surface area contributed by atoms with Gasteiger partial charge in [-0.1, -0.05) is 93.9 Å². The van der Waals surface area contributed by atoms with E-state index in [1.165, 1.54) is 6.33 Å². The minimum atomic E-state index is -1.53. The van der Waals surface area contributed by atoms with E-state index >= 15 is 0 Å². The number of rotatable bonds is 22. The van der Waals surface area contributed by atoms with Gasteiger partial charge >= 0.3 is 6.09 Å². The third kappa shape index (κ3) is 12.8. The van der Waals surface area contributed by atoms with Crippen LogP contribution >= 0.6 is 8.53 Å². The highest BCUT2D eigenvalue weighted by atomic mass is 31.2. The van der Waals surface area contributed by atoms with Gasteiger partial charge in [-0.05, 0) is 80.7 Å². The van der Waals surface area contributed by atoms with E-state index in [1.54, 1.807) is 20.5 Å². The third-order valence-electron chi connectivity index (χ3n) is 11.3. The Labute approximate surface area is 388 Å². The van der Waals surface area contributed by atoms with Gasteiger partial charge < -0.3 is 32.7 Å². The van der Waals surface area contributed by atoms with Crippen LogP contribution in [0.15, 0.2) is 91.5 Å². The molecule has 3 heterocycles. The van der Waals surface area contributed by atoms with Crippen molar-refractivity contribution in [2.75, 3.05) is 39.4 Å². The van der Waals surface area contributed by atoms with Crippen LogP contribution in [0.2, 0.25) is 51.4 Å². The standard InChI is InChI=1S/C48H69N6O8PSi2/c1-34(2)54(35(3)4)63(60-27-29-65(10,11)12)62-41-30-43(53-33-51-44-45(49-32-50-46(44)53)52-47(55)58-26-28-64(7,8)9)61-42(41)31-59-48(36-16-14-13-15-17-36,37-18-22-39(56-5)23-19-37)38-20-24-40(57-6)25-21-38/h13-25,32-35,41-43H,26-31H2,1-12H3,(H,49,50,52,55)/t41-,42+,43+,63?/m0/s1. The van der Waals surface area contributed by atoms with Crippen molar-refractivity contribution < 1.29 is 37.5 Å². The molecule has 6 rings (SSSR count). The number of carbonyl (C=O) groups excluding carboxylic acids is 1. The van der Waals surface area contributed by atoms with Crippen molar-refractivity contribution in [3.63, 3.8) is 0 Å². The van der Waals surface area contributed by atoms with Gasteiger partial charge in [-0.15, -0.1) is 0 Å². The van der Waals surface area contributed by atoms with Crippen molar-refractivity contribution in [3.8, 4) is 11.5 Å². The summed E-state index contributed by atoms with van der Waals surface area (Å²) in [5.74, 6) is 1.72. The van der Waals surface area contributed by atoms with Gasteiger partial charge in [0.25, 0.3) is 8.53 Å². The molecule has 0 spiro atoms. The molecule has 1 aliphatic heterocycles. The van der Waals surface area contributed by atoms with E-state index in [0.717, 1.165) is 40.3 Å². The van der Waals surface area contributed by atoms with Crippen LogP contribution in [0.5, 0.6) is 11.5 Å². The zero-order valence-electron chi connectivity index (χ0n) is 40.2. The molecule has 0 bridgehead atoms. The fourth-order valence-electron chi connectivity index (χ4n) is 7.82. The second-order valence-electron chi connectivity index (χ2n) is 19.4. The molecular weight excluding hydrogens is 876 g/mol. The van der Waals surface area contributed by atoms with Gasteiger partial charge in [0, 0.05) is 34.7 Å². The van der Waals surface area contributed by atoms with Gasteiger partial charge in [0.2, 0.25) is 0 Å². The number of nitrogens with one attached hydrogen (secondary N) is 1. The van der Waals surface area contributed by atoms with Gasteiger partial charge in [-0.2, -0.15) is 0 Å². The number of nitrogens with zero attached hydrogens (tertiary/aromatic N) is 5. The Balaban J connectivity index is 1.40. The third-order valence-corrected chi connectivity index (χ3v) is 16.9. The summed E-state index contributed by atoms with van der Waals surface area (Å²) in [6, 6.07) is 28.4. The highest BCUT2D eigenvalue weighted by molar-refractivity contribution is 7.44.